The van der Waals surface area contributed by atoms with Crippen molar-refractivity contribution < 1.29 is 4.57 Å². The van der Waals surface area contributed by atoms with Crippen LogP contribution in [0.2, 0.25) is 0 Å². The molecule has 0 radical (unpaired) electrons. The molecule has 0 bridgehead atoms. The first kappa shape index (κ1) is 28.0. The van der Waals surface area contributed by atoms with Crippen LogP contribution in [-0.2, 0) is 4.57 Å². The van der Waals surface area contributed by atoms with Crippen LogP contribution >= 0.6 is 7.14 Å². The number of nitrogens with zero attached hydrogens (tertiary/aromatic N) is 2. The molecule has 0 spiro atoms. The number of pyridine rings is 1. The van der Waals surface area contributed by atoms with Crippen molar-refractivity contribution in [2.75, 3.05) is 0 Å². The molecule has 0 amide bonds. The maximum Gasteiger partial charge on any atom is 0.171 e. The van der Waals surface area contributed by atoms with Crippen LogP contribution < -0.4 is 15.9 Å². The SMILES string of the molecule is O=P(c1ccccc1)(c1ccccc1)c1ccc(-c2ccc3c4cc5ccccc5cc4c4nc5ccccc5n4c3c2)c2ccccc12. The Balaban J connectivity index is 1.27. The maximum atomic E-state index is 15.5. The summed E-state index contributed by atoms with van der Waals surface area (Å²) in [5, 5.41) is 10.5. The third-order valence-electron chi connectivity index (χ3n) is 10.0. The van der Waals surface area contributed by atoms with Crippen molar-refractivity contribution in [2.24, 2.45) is 0 Å². The Morgan fingerprint density at radius 1 is 0.449 bits per heavy atom. The lowest BCUT2D eigenvalue weighted by Crippen LogP contribution is -2.25. The molecular formula is C45H29N2OP. The number of hydrogen-bond donors (Lipinski definition) is 0. The van der Waals surface area contributed by atoms with Crippen LogP contribution in [0.4, 0.5) is 0 Å². The van der Waals surface area contributed by atoms with E-state index >= 15 is 4.57 Å². The molecular weight excluding hydrogens is 615 g/mol. The summed E-state index contributed by atoms with van der Waals surface area (Å²) in [6.07, 6.45) is 0. The smallest absolute Gasteiger partial charge is 0.171 e. The van der Waals surface area contributed by atoms with Gasteiger partial charge in [0.15, 0.2) is 7.14 Å². The Bertz CT molecular complexity index is 2920. The second-order valence-electron chi connectivity index (χ2n) is 12.7. The van der Waals surface area contributed by atoms with E-state index in [1.807, 2.05) is 66.7 Å². The third kappa shape index (κ3) is 4.16. The Morgan fingerprint density at radius 2 is 1.06 bits per heavy atom. The number of imidazole rings is 1. The third-order valence-corrected chi connectivity index (χ3v) is 13.1. The minimum atomic E-state index is -3.18. The zero-order valence-electron chi connectivity index (χ0n) is 26.5. The minimum Gasteiger partial charge on any atom is -0.309 e. The zero-order valence-corrected chi connectivity index (χ0v) is 27.4. The van der Waals surface area contributed by atoms with E-state index in [0.717, 1.165) is 65.4 Å². The Morgan fingerprint density at radius 3 is 1.80 bits per heavy atom. The summed E-state index contributed by atoms with van der Waals surface area (Å²) in [5.74, 6) is 0. The van der Waals surface area contributed by atoms with E-state index in [4.69, 9.17) is 4.98 Å². The summed E-state index contributed by atoms with van der Waals surface area (Å²) in [4.78, 5) is 5.18. The van der Waals surface area contributed by atoms with E-state index in [2.05, 4.69) is 114 Å². The molecule has 4 heteroatoms. The van der Waals surface area contributed by atoms with Gasteiger partial charge in [0.25, 0.3) is 0 Å². The molecule has 10 rings (SSSR count). The molecule has 0 saturated carbocycles. The highest BCUT2D eigenvalue weighted by Crippen LogP contribution is 2.46. The zero-order chi connectivity index (χ0) is 32.5. The summed E-state index contributed by atoms with van der Waals surface area (Å²) in [5.41, 5.74) is 6.33. The highest BCUT2D eigenvalue weighted by Gasteiger charge is 2.31. The highest BCUT2D eigenvalue weighted by molar-refractivity contribution is 7.85. The first-order valence-corrected chi connectivity index (χ1v) is 18.3. The first-order valence-electron chi connectivity index (χ1n) is 16.6. The van der Waals surface area contributed by atoms with Gasteiger partial charge in [-0.1, -0.05) is 140 Å². The molecule has 49 heavy (non-hydrogen) atoms. The molecule has 2 aromatic heterocycles. The molecule has 0 saturated heterocycles. The average Bonchev–Trinajstić information content (AvgIpc) is 3.57. The predicted octanol–water partition coefficient (Wildman–Crippen LogP) is 10.4. The molecule has 230 valence electrons. The molecule has 2 heterocycles. The van der Waals surface area contributed by atoms with Gasteiger partial charge in [0.1, 0.15) is 5.65 Å². The van der Waals surface area contributed by atoms with E-state index in [1.165, 1.54) is 21.5 Å². The molecule has 0 fully saturated rings. The van der Waals surface area contributed by atoms with E-state index in [9.17, 15) is 0 Å². The summed E-state index contributed by atoms with van der Waals surface area (Å²) < 4.78 is 17.8. The molecule has 10 aromatic rings. The van der Waals surface area contributed by atoms with E-state index < -0.39 is 7.14 Å². The van der Waals surface area contributed by atoms with E-state index in [-0.39, 0.29) is 0 Å². The standard InChI is InChI=1S/C45H29N2OP/c48-49(33-15-3-1-4-16-33,34-17-5-2-6-18-34)44-26-25-35(36-19-9-10-20-38(36)44)32-23-24-37-39-27-30-13-7-8-14-31(30)28-40(39)45-46-41-21-11-12-22-42(41)47(45)43(37)29-32/h1-29H. The van der Waals surface area contributed by atoms with Gasteiger partial charge < -0.3 is 4.57 Å². The predicted molar refractivity (Wildman–Crippen MR) is 208 cm³/mol. The summed E-state index contributed by atoms with van der Waals surface area (Å²) in [6.45, 7) is 0. The van der Waals surface area contributed by atoms with Gasteiger partial charge in [0.05, 0.1) is 16.6 Å². The van der Waals surface area contributed by atoms with Crippen LogP contribution in [0, 0.1) is 0 Å². The highest BCUT2D eigenvalue weighted by atomic mass is 31.2. The molecule has 8 aromatic carbocycles. The number of rotatable bonds is 4. The van der Waals surface area contributed by atoms with Crippen molar-refractivity contribution in [3.63, 3.8) is 0 Å². The fourth-order valence-corrected chi connectivity index (χ4v) is 10.6. The fraction of sp³-hybridized carbons (Fsp3) is 0. The first-order chi connectivity index (χ1) is 24.2. The number of aromatic nitrogens is 2. The second-order valence-corrected chi connectivity index (χ2v) is 15.4. The summed E-state index contributed by atoms with van der Waals surface area (Å²) >= 11 is 0. The van der Waals surface area contributed by atoms with Crippen LogP contribution in [0.5, 0.6) is 0 Å². The van der Waals surface area contributed by atoms with Gasteiger partial charge in [0, 0.05) is 26.7 Å². The van der Waals surface area contributed by atoms with Crippen LogP contribution in [0.3, 0.4) is 0 Å². The number of hydrogen-bond acceptors (Lipinski definition) is 2. The largest absolute Gasteiger partial charge is 0.309 e. The minimum absolute atomic E-state index is 0.832. The van der Waals surface area contributed by atoms with Crippen molar-refractivity contribution in [2.45, 2.75) is 0 Å². The van der Waals surface area contributed by atoms with Crippen LogP contribution in [0.1, 0.15) is 0 Å². The molecule has 0 aliphatic rings. The Labute approximate surface area is 283 Å². The van der Waals surface area contributed by atoms with Gasteiger partial charge in [-0.3, -0.25) is 4.40 Å². The monoisotopic (exact) mass is 644 g/mol. The number of benzene rings is 8. The number of fused-ring (bicyclic) bond motifs is 10. The van der Waals surface area contributed by atoms with Gasteiger partial charge in [-0.05, 0) is 74.5 Å². The van der Waals surface area contributed by atoms with Gasteiger partial charge in [0.2, 0.25) is 0 Å². The lowest BCUT2D eigenvalue weighted by molar-refractivity contribution is 0.592. The van der Waals surface area contributed by atoms with Crippen molar-refractivity contribution in [1.82, 2.24) is 9.38 Å². The van der Waals surface area contributed by atoms with Crippen LogP contribution in [0.15, 0.2) is 176 Å². The Kier molecular flexibility index (Phi) is 6.15. The normalized spacial score (nSPS) is 12.2. The van der Waals surface area contributed by atoms with Gasteiger partial charge in [-0.15, -0.1) is 0 Å². The van der Waals surface area contributed by atoms with E-state index in [0.29, 0.717) is 0 Å². The molecule has 3 nitrogen and oxygen atoms in total. The van der Waals surface area contributed by atoms with Crippen molar-refractivity contribution in [3.8, 4) is 11.1 Å². The molecule has 0 aliphatic carbocycles. The van der Waals surface area contributed by atoms with Crippen molar-refractivity contribution in [3.05, 3.63) is 176 Å². The van der Waals surface area contributed by atoms with Gasteiger partial charge >= 0.3 is 0 Å². The van der Waals surface area contributed by atoms with Crippen molar-refractivity contribution >= 4 is 83.0 Å². The van der Waals surface area contributed by atoms with Crippen LogP contribution in [-0.4, -0.2) is 9.38 Å². The summed E-state index contributed by atoms with van der Waals surface area (Å²) in [7, 11) is -3.18. The quantitative estimate of drug-likeness (QED) is 0.109. The fourth-order valence-electron chi connectivity index (χ4n) is 7.72. The number of para-hydroxylation sites is 2. The second kappa shape index (κ2) is 10.8. The average molecular weight is 645 g/mol. The topological polar surface area (TPSA) is 34.4 Å². The molecule has 0 atom stereocenters. The Hall–Kier alpha value is -6.02. The molecule has 0 N–H and O–H groups in total. The maximum absolute atomic E-state index is 15.5. The molecule has 0 unspecified atom stereocenters. The molecule has 0 aliphatic heterocycles. The lowest BCUT2D eigenvalue weighted by Gasteiger charge is -2.23. The van der Waals surface area contributed by atoms with Gasteiger partial charge in [-0.25, -0.2) is 4.98 Å². The van der Waals surface area contributed by atoms with Gasteiger partial charge in [-0.2, -0.15) is 0 Å². The van der Waals surface area contributed by atoms with Crippen LogP contribution in [0.25, 0.3) is 71.0 Å². The van der Waals surface area contributed by atoms with Crippen molar-refractivity contribution in [1.29, 1.82) is 0 Å². The van der Waals surface area contributed by atoms with E-state index in [1.54, 1.807) is 0 Å². The summed E-state index contributed by atoms with van der Waals surface area (Å²) in [6, 6.07) is 60.8. The lowest BCUT2D eigenvalue weighted by atomic mass is 9.95.